The van der Waals surface area contributed by atoms with Gasteiger partial charge in [-0.2, -0.15) is 0 Å². The molecule has 0 bridgehead atoms. The molecule has 0 radical (unpaired) electrons. The first-order valence-corrected chi connectivity index (χ1v) is 7.03. The van der Waals surface area contributed by atoms with Crippen LogP contribution in [0.4, 0.5) is 13.2 Å². The Balaban J connectivity index is 2.24. The van der Waals surface area contributed by atoms with Crippen LogP contribution in [-0.2, 0) is 0 Å². The number of halogens is 3. The second-order valence-corrected chi connectivity index (χ2v) is 5.49. The van der Waals surface area contributed by atoms with Gasteiger partial charge in [-0.05, 0) is 44.7 Å². The van der Waals surface area contributed by atoms with Crippen molar-refractivity contribution in [2.45, 2.75) is 44.8 Å². The van der Waals surface area contributed by atoms with Crippen molar-refractivity contribution >= 4 is 5.91 Å². The third-order valence-electron chi connectivity index (χ3n) is 3.73. The molecular formula is C15H18F3NO2. The molecule has 21 heavy (non-hydrogen) atoms. The Morgan fingerprint density at radius 1 is 1.33 bits per heavy atom. The van der Waals surface area contributed by atoms with E-state index in [-0.39, 0.29) is 11.6 Å². The normalized spacial score (nSPS) is 20.4. The third-order valence-corrected chi connectivity index (χ3v) is 3.73. The topological polar surface area (TPSA) is 40.5 Å². The van der Waals surface area contributed by atoms with Gasteiger partial charge in [0.25, 0.3) is 5.91 Å². The molecule has 2 atom stereocenters. The maximum Gasteiger partial charge on any atom is 0.254 e. The molecule has 116 valence electrons. The van der Waals surface area contributed by atoms with E-state index < -0.39 is 29.5 Å². The minimum atomic E-state index is -1.58. The zero-order valence-corrected chi connectivity index (χ0v) is 11.8. The van der Waals surface area contributed by atoms with E-state index >= 15 is 0 Å². The minimum Gasteiger partial charge on any atom is -0.393 e. The molecule has 1 aliphatic rings. The van der Waals surface area contributed by atoms with E-state index in [9.17, 15) is 23.1 Å². The number of benzene rings is 1. The van der Waals surface area contributed by atoms with Gasteiger partial charge >= 0.3 is 0 Å². The lowest BCUT2D eigenvalue weighted by Crippen LogP contribution is -2.45. The second-order valence-electron chi connectivity index (χ2n) is 5.49. The molecule has 6 heteroatoms. The van der Waals surface area contributed by atoms with Crippen molar-refractivity contribution in [1.82, 2.24) is 4.90 Å². The van der Waals surface area contributed by atoms with E-state index in [1.807, 2.05) is 0 Å². The first kappa shape index (κ1) is 15.8. The fraction of sp³-hybridized carbons (Fsp3) is 0.533. The van der Waals surface area contributed by atoms with Crippen LogP contribution in [0.5, 0.6) is 0 Å². The zero-order valence-electron chi connectivity index (χ0n) is 11.8. The molecule has 1 saturated heterocycles. The van der Waals surface area contributed by atoms with Crippen LogP contribution in [0.2, 0.25) is 0 Å². The Labute approximate surface area is 121 Å². The lowest BCUT2D eigenvalue weighted by atomic mass is 9.96. The molecule has 3 nitrogen and oxygen atoms in total. The molecule has 2 rings (SSSR count). The van der Waals surface area contributed by atoms with Gasteiger partial charge < -0.3 is 10.0 Å². The van der Waals surface area contributed by atoms with Crippen LogP contribution in [0.1, 0.15) is 43.0 Å². The van der Waals surface area contributed by atoms with E-state index in [0.29, 0.717) is 13.0 Å². The zero-order chi connectivity index (χ0) is 15.6. The van der Waals surface area contributed by atoms with Gasteiger partial charge in [0.15, 0.2) is 17.5 Å². The number of amides is 1. The van der Waals surface area contributed by atoms with Crippen molar-refractivity contribution < 1.29 is 23.1 Å². The van der Waals surface area contributed by atoms with E-state index in [2.05, 4.69) is 0 Å². The highest BCUT2D eigenvalue weighted by Gasteiger charge is 2.29. The molecule has 1 aromatic rings. The molecular weight excluding hydrogens is 283 g/mol. The Kier molecular flexibility index (Phi) is 4.88. The number of hydrogen-bond acceptors (Lipinski definition) is 2. The molecule has 1 amide bonds. The van der Waals surface area contributed by atoms with Crippen LogP contribution >= 0.6 is 0 Å². The van der Waals surface area contributed by atoms with Crippen LogP contribution in [-0.4, -0.2) is 34.6 Å². The lowest BCUT2D eigenvalue weighted by molar-refractivity contribution is 0.0514. The van der Waals surface area contributed by atoms with E-state index in [0.717, 1.165) is 31.4 Å². The van der Waals surface area contributed by atoms with Gasteiger partial charge in [-0.25, -0.2) is 13.2 Å². The van der Waals surface area contributed by atoms with E-state index in [4.69, 9.17) is 0 Å². The number of hydrogen-bond donors (Lipinski definition) is 1. The molecule has 1 aliphatic heterocycles. The number of aliphatic hydroxyl groups is 1. The highest BCUT2D eigenvalue weighted by atomic mass is 19.2. The number of piperidine rings is 1. The van der Waals surface area contributed by atoms with Crippen LogP contribution in [0.15, 0.2) is 12.1 Å². The monoisotopic (exact) mass is 301 g/mol. The standard InChI is InChI=1S/C15H18F3NO2/c1-9(20)6-11-4-2-3-5-19(11)15(21)10-7-12(16)14(18)13(17)8-10/h7-9,11,20H,2-6H2,1H3. The van der Waals surface area contributed by atoms with Crippen LogP contribution < -0.4 is 0 Å². The average molecular weight is 301 g/mol. The number of aliphatic hydroxyl groups excluding tert-OH is 1. The highest BCUT2D eigenvalue weighted by Crippen LogP contribution is 2.24. The van der Waals surface area contributed by atoms with Crippen LogP contribution in [0, 0.1) is 17.5 Å². The minimum absolute atomic E-state index is 0.164. The van der Waals surface area contributed by atoms with Gasteiger partial charge in [0.1, 0.15) is 0 Å². The summed E-state index contributed by atoms with van der Waals surface area (Å²) in [5.41, 5.74) is -0.205. The molecule has 1 heterocycles. The number of likely N-dealkylation sites (tertiary alicyclic amines) is 1. The predicted octanol–water partition coefficient (Wildman–Crippen LogP) is 2.87. The maximum absolute atomic E-state index is 13.2. The Hall–Kier alpha value is -1.56. The molecule has 1 N–H and O–H groups in total. The summed E-state index contributed by atoms with van der Waals surface area (Å²) in [6.07, 6.45) is 2.33. The maximum atomic E-state index is 13.2. The highest BCUT2D eigenvalue weighted by molar-refractivity contribution is 5.94. The Morgan fingerprint density at radius 2 is 1.95 bits per heavy atom. The number of carbonyl (C=O) groups excluding carboxylic acids is 1. The predicted molar refractivity (Wildman–Crippen MR) is 71.3 cm³/mol. The van der Waals surface area contributed by atoms with Crippen molar-refractivity contribution in [3.8, 4) is 0 Å². The quantitative estimate of drug-likeness (QED) is 0.872. The molecule has 1 fully saturated rings. The number of nitrogens with zero attached hydrogens (tertiary/aromatic N) is 1. The molecule has 2 unspecified atom stereocenters. The summed E-state index contributed by atoms with van der Waals surface area (Å²) in [4.78, 5) is 13.9. The van der Waals surface area contributed by atoms with Crippen LogP contribution in [0.25, 0.3) is 0 Å². The Morgan fingerprint density at radius 3 is 2.52 bits per heavy atom. The lowest BCUT2D eigenvalue weighted by Gasteiger charge is -2.36. The second kappa shape index (κ2) is 6.47. The van der Waals surface area contributed by atoms with Gasteiger partial charge in [0, 0.05) is 18.2 Å². The number of carbonyl (C=O) groups is 1. The van der Waals surface area contributed by atoms with Crippen molar-refractivity contribution in [3.63, 3.8) is 0 Å². The largest absolute Gasteiger partial charge is 0.393 e. The fourth-order valence-electron chi connectivity index (χ4n) is 2.75. The Bertz CT molecular complexity index is 511. The smallest absolute Gasteiger partial charge is 0.254 e. The average Bonchev–Trinajstić information content (AvgIpc) is 2.43. The molecule has 0 aromatic heterocycles. The van der Waals surface area contributed by atoms with Crippen LogP contribution in [0.3, 0.4) is 0 Å². The molecule has 0 saturated carbocycles. The van der Waals surface area contributed by atoms with Gasteiger partial charge in [-0.15, -0.1) is 0 Å². The van der Waals surface area contributed by atoms with Gasteiger partial charge in [0.05, 0.1) is 6.10 Å². The summed E-state index contributed by atoms with van der Waals surface area (Å²) >= 11 is 0. The van der Waals surface area contributed by atoms with E-state index in [1.165, 1.54) is 4.90 Å². The summed E-state index contributed by atoms with van der Waals surface area (Å²) in [7, 11) is 0. The first-order valence-electron chi connectivity index (χ1n) is 7.03. The molecule has 0 spiro atoms. The fourth-order valence-corrected chi connectivity index (χ4v) is 2.75. The SMILES string of the molecule is CC(O)CC1CCCCN1C(=O)c1cc(F)c(F)c(F)c1. The first-order chi connectivity index (χ1) is 9.90. The van der Waals surface area contributed by atoms with E-state index in [1.54, 1.807) is 6.92 Å². The van der Waals surface area contributed by atoms with Crippen molar-refractivity contribution in [2.75, 3.05) is 6.54 Å². The molecule has 1 aromatic carbocycles. The summed E-state index contributed by atoms with van der Waals surface area (Å²) in [5, 5.41) is 9.49. The van der Waals surface area contributed by atoms with Gasteiger partial charge in [-0.1, -0.05) is 0 Å². The van der Waals surface area contributed by atoms with Gasteiger partial charge in [0.2, 0.25) is 0 Å². The summed E-state index contributed by atoms with van der Waals surface area (Å²) in [6.45, 7) is 2.10. The van der Waals surface area contributed by atoms with Crippen molar-refractivity contribution in [3.05, 3.63) is 35.1 Å². The summed E-state index contributed by atoms with van der Waals surface area (Å²) < 4.78 is 39.5. The summed E-state index contributed by atoms with van der Waals surface area (Å²) in [5.74, 6) is -4.85. The van der Waals surface area contributed by atoms with Crippen molar-refractivity contribution in [2.24, 2.45) is 0 Å². The molecule has 0 aliphatic carbocycles. The van der Waals surface area contributed by atoms with Crippen molar-refractivity contribution in [1.29, 1.82) is 0 Å². The third kappa shape index (κ3) is 3.56. The van der Waals surface area contributed by atoms with Gasteiger partial charge in [-0.3, -0.25) is 4.79 Å². The number of rotatable bonds is 3. The summed E-state index contributed by atoms with van der Waals surface area (Å²) in [6, 6.07) is 1.27.